The number of nitrogens with one attached hydrogen (secondary N) is 1. The predicted octanol–water partition coefficient (Wildman–Crippen LogP) is 3.45. The van der Waals surface area contributed by atoms with Crippen molar-refractivity contribution in [1.82, 2.24) is 15.0 Å². The Hall–Kier alpha value is -3.19. The van der Waals surface area contributed by atoms with Crippen molar-refractivity contribution in [3.8, 4) is 11.4 Å². The summed E-state index contributed by atoms with van der Waals surface area (Å²) in [6.45, 7) is 0. The van der Waals surface area contributed by atoms with Gasteiger partial charge in [0.05, 0.1) is 15.9 Å². The smallest absolute Gasteiger partial charge is 0.265 e. The molecular formula is C19H16N4O2S. The molecule has 4 aromatic rings. The van der Waals surface area contributed by atoms with Crippen molar-refractivity contribution in [2.75, 3.05) is 11.4 Å². The van der Waals surface area contributed by atoms with Crippen LogP contribution in [0.3, 0.4) is 0 Å². The van der Waals surface area contributed by atoms with Gasteiger partial charge in [0.1, 0.15) is 11.6 Å². The molecule has 6 nitrogen and oxygen atoms in total. The fraction of sp³-hybridized carbons (Fsp3) is 0.0526. The second-order valence-corrected chi connectivity index (χ2v) is 7.76. The molecule has 0 fully saturated rings. The fourth-order valence-electron chi connectivity index (χ4n) is 2.70. The van der Waals surface area contributed by atoms with Gasteiger partial charge >= 0.3 is 0 Å². The molecule has 0 bridgehead atoms. The second kappa shape index (κ2) is 6.27. The number of H-pyrrole nitrogens is 1. The second-order valence-electron chi connectivity index (χ2n) is 5.79. The number of pyridine rings is 1. The lowest BCUT2D eigenvalue weighted by atomic mass is 10.2. The molecule has 2 heterocycles. The van der Waals surface area contributed by atoms with Crippen LogP contribution in [0.5, 0.6) is 0 Å². The zero-order valence-electron chi connectivity index (χ0n) is 14.0. The van der Waals surface area contributed by atoms with Crippen LogP contribution in [0.2, 0.25) is 0 Å². The summed E-state index contributed by atoms with van der Waals surface area (Å²) in [7, 11) is -2.23. The van der Waals surface area contributed by atoms with Crippen molar-refractivity contribution >= 4 is 26.9 Å². The number of hydrogen-bond acceptors (Lipinski definition) is 4. The third-order valence-corrected chi connectivity index (χ3v) is 5.89. The maximum absolute atomic E-state index is 12.9. The molecule has 0 amide bonds. The maximum Gasteiger partial charge on any atom is 0.265 e. The lowest BCUT2D eigenvalue weighted by molar-refractivity contribution is 0.594. The van der Waals surface area contributed by atoms with Crippen LogP contribution in [-0.2, 0) is 10.0 Å². The Balaban J connectivity index is 1.75. The van der Waals surface area contributed by atoms with E-state index in [2.05, 4.69) is 15.0 Å². The molecule has 2 aromatic heterocycles. The lowest BCUT2D eigenvalue weighted by Crippen LogP contribution is -2.27. The van der Waals surface area contributed by atoms with Gasteiger partial charge in [-0.15, -0.1) is 0 Å². The van der Waals surface area contributed by atoms with Gasteiger partial charge in [0, 0.05) is 18.8 Å². The van der Waals surface area contributed by atoms with Crippen molar-refractivity contribution in [2.24, 2.45) is 0 Å². The SMILES string of the molecule is CN(c1ccccn1)S(=O)(=O)c1ccc2nc(-c3ccccc3)[nH]c2c1. The van der Waals surface area contributed by atoms with Gasteiger partial charge in [-0.1, -0.05) is 36.4 Å². The molecule has 7 heteroatoms. The van der Waals surface area contributed by atoms with E-state index in [1.54, 1.807) is 42.6 Å². The summed E-state index contributed by atoms with van der Waals surface area (Å²) in [5.41, 5.74) is 2.32. The first-order valence-electron chi connectivity index (χ1n) is 8.01. The van der Waals surface area contributed by atoms with Crippen molar-refractivity contribution in [3.05, 3.63) is 72.9 Å². The number of rotatable bonds is 4. The van der Waals surface area contributed by atoms with Gasteiger partial charge in [-0.05, 0) is 30.3 Å². The molecule has 1 N–H and O–H groups in total. The molecule has 0 radical (unpaired) electrons. The van der Waals surface area contributed by atoms with Gasteiger partial charge in [0.25, 0.3) is 10.0 Å². The normalized spacial score (nSPS) is 11.6. The predicted molar refractivity (Wildman–Crippen MR) is 101 cm³/mol. The van der Waals surface area contributed by atoms with Crippen LogP contribution in [0.4, 0.5) is 5.82 Å². The summed E-state index contributed by atoms with van der Waals surface area (Å²) in [6, 6.07) is 19.7. The number of hydrogen-bond donors (Lipinski definition) is 1. The van der Waals surface area contributed by atoms with Crippen molar-refractivity contribution in [3.63, 3.8) is 0 Å². The topological polar surface area (TPSA) is 79.0 Å². The van der Waals surface area contributed by atoms with Crippen LogP contribution in [0.1, 0.15) is 0 Å². The van der Waals surface area contributed by atoms with Gasteiger partial charge in [0.15, 0.2) is 0 Å². The van der Waals surface area contributed by atoms with Crippen molar-refractivity contribution in [2.45, 2.75) is 4.90 Å². The van der Waals surface area contributed by atoms with Crippen LogP contribution in [-0.4, -0.2) is 30.4 Å². The highest BCUT2D eigenvalue weighted by Crippen LogP contribution is 2.25. The first kappa shape index (κ1) is 16.3. The number of fused-ring (bicyclic) bond motifs is 1. The molecule has 0 spiro atoms. The molecule has 2 aromatic carbocycles. The third-order valence-electron chi connectivity index (χ3n) is 4.13. The van der Waals surface area contributed by atoms with E-state index in [9.17, 15) is 8.42 Å². The number of anilines is 1. The summed E-state index contributed by atoms with van der Waals surface area (Å²) in [5.74, 6) is 1.07. The molecule has 130 valence electrons. The molecule has 26 heavy (non-hydrogen) atoms. The minimum absolute atomic E-state index is 0.182. The lowest BCUT2D eigenvalue weighted by Gasteiger charge is -2.18. The number of aromatic nitrogens is 3. The summed E-state index contributed by atoms with van der Waals surface area (Å²) >= 11 is 0. The highest BCUT2D eigenvalue weighted by atomic mass is 32.2. The molecule has 0 saturated carbocycles. The van der Waals surface area contributed by atoms with Gasteiger partial charge in [0.2, 0.25) is 0 Å². The Bertz CT molecular complexity index is 1160. The Morgan fingerprint density at radius 3 is 2.46 bits per heavy atom. The van der Waals surface area contributed by atoms with Crippen LogP contribution in [0.25, 0.3) is 22.4 Å². The van der Waals surface area contributed by atoms with Crippen molar-refractivity contribution < 1.29 is 8.42 Å². The minimum atomic E-state index is -3.72. The molecule has 0 aliphatic rings. The molecule has 0 saturated heterocycles. The zero-order chi connectivity index (χ0) is 18.1. The van der Waals surface area contributed by atoms with Gasteiger partial charge in [-0.3, -0.25) is 4.31 Å². The molecule has 0 unspecified atom stereocenters. The van der Waals surface area contributed by atoms with Crippen LogP contribution < -0.4 is 4.31 Å². The summed E-state index contributed by atoms with van der Waals surface area (Å²) in [5, 5.41) is 0. The Morgan fingerprint density at radius 2 is 1.73 bits per heavy atom. The highest BCUT2D eigenvalue weighted by Gasteiger charge is 2.22. The minimum Gasteiger partial charge on any atom is -0.338 e. The molecular weight excluding hydrogens is 348 g/mol. The summed E-state index contributed by atoms with van der Waals surface area (Å²) < 4.78 is 27.0. The Labute approximate surface area is 151 Å². The maximum atomic E-state index is 12.9. The monoisotopic (exact) mass is 364 g/mol. The number of benzene rings is 2. The van der Waals surface area contributed by atoms with E-state index in [0.29, 0.717) is 22.7 Å². The molecule has 0 aliphatic heterocycles. The molecule has 0 aliphatic carbocycles. The zero-order valence-corrected chi connectivity index (χ0v) is 14.8. The van der Waals surface area contributed by atoms with E-state index in [4.69, 9.17) is 0 Å². The van der Waals surface area contributed by atoms with Crippen molar-refractivity contribution in [1.29, 1.82) is 0 Å². The van der Waals surface area contributed by atoms with Crippen LogP contribution in [0.15, 0.2) is 77.8 Å². The number of aromatic amines is 1. The van der Waals surface area contributed by atoms with E-state index < -0.39 is 10.0 Å². The first-order valence-corrected chi connectivity index (χ1v) is 9.45. The van der Waals surface area contributed by atoms with E-state index in [0.717, 1.165) is 5.56 Å². The van der Waals surface area contributed by atoms with Gasteiger partial charge in [-0.25, -0.2) is 18.4 Å². The summed E-state index contributed by atoms with van der Waals surface area (Å²) in [6.07, 6.45) is 1.56. The number of imidazole rings is 1. The number of sulfonamides is 1. The van der Waals surface area contributed by atoms with Crippen LogP contribution >= 0.6 is 0 Å². The first-order chi connectivity index (χ1) is 12.6. The number of nitrogens with zero attached hydrogens (tertiary/aromatic N) is 3. The third kappa shape index (κ3) is 2.82. The van der Waals surface area contributed by atoms with Gasteiger partial charge in [-0.2, -0.15) is 0 Å². The van der Waals surface area contributed by atoms with E-state index in [1.165, 1.54) is 11.4 Å². The Kier molecular flexibility index (Phi) is 3.93. The van der Waals surface area contributed by atoms with Gasteiger partial charge < -0.3 is 4.98 Å². The fourth-order valence-corrected chi connectivity index (χ4v) is 3.88. The molecule has 0 atom stereocenters. The van der Waals surface area contributed by atoms with E-state index in [-0.39, 0.29) is 4.90 Å². The highest BCUT2D eigenvalue weighted by molar-refractivity contribution is 7.92. The van der Waals surface area contributed by atoms with E-state index in [1.807, 2.05) is 30.3 Å². The standard InChI is InChI=1S/C19H16N4O2S/c1-23(18-9-5-6-12-20-18)26(24,25)15-10-11-16-17(13-15)22-19(21-16)14-7-3-2-4-8-14/h2-13H,1H3,(H,21,22). The summed E-state index contributed by atoms with van der Waals surface area (Å²) in [4.78, 5) is 12.0. The molecule has 4 rings (SSSR count). The average molecular weight is 364 g/mol. The largest absolute Gasteiger partial charge is 0.338 e. The van der Waals surface area contributed by atoms with Crippen LogP contribution in [0, 0.1) is 0 Å². The average Bonchev–Trinajstić information content (AvgIpc) is 3.12. The Morgan fingerprint density at radius 1 is 0.962 bits per heavy atom. The quantitative estimate of drug-likeness (QED) is 0.601. The van der Waals surface area contributed by atoms with E-state index >= 15 is 0 Å².